The molecule has 0 aliphatic heterocycles. The number of rotatable bonds is 5. The molecule has 1 saturated carbocycles. The molecule has 0 spiro atoms. The Labute approximate surface area is 138 Å². The number of amides is 1. The summed E-state index contributed by atoms with van der Waals surface area (Å²) in [6, 6.07) is 3.21. The van der Waals surface area contributed by atoms with Crippen LogP contribution in [0.1, 0.15) is 32.1 Å². The van der Waals surface area contributed by atoms with E-state index in [0.717, 1.165) is 43.2 Å². The Balaban J connectivity index is 1.98. The molecule has 1 aromatic carbocycles. The van der Waals surface area contributed by atoms with Crippen LogP contribution in [0.15, 0.2) is 23.1 Å². The van der Waals surface area contributed by atoms with E-state index in [1.807, 2.05) is 0 Å². The third kappa shape index (κ3) is 4.43. The molecular formula is C16H19F2NO3S. The van der Waals surface area contributed by atoms with E-state index in [4.69, 9.17) is 4.74 Å². The highest BCUT2D eigenvalue weighted by Gasteiger charge is 2.41. The summed E-state index contributed by atoms with van der Waals surface area (Å²) in [5.74, 6) is -2.23. The number of nitrogens with one attached hydrogen (secondary N) is 1. The number of hydrogen-bond acceptors (Lipinski definition) is 4. The van der Waals surface area contributed by atoms with Crippen LogP contribution in [0.3, 0.4) is 0 Å². The van der Waals surface area contributed by atoms with Gasteiger partial charge in [0, 0.05) is 11.0 Å². The van der Waals surface area contributed by atoms with Gasteiger partial charge in [0.25, 0.3) is 0 Å². The van der Waals surface area contributed by atoms with Gasteiger partial charge in [0.1, 0.15) is 17.2 Å². The summed E-state index contributed by atoms with van der Waals surface area (Å²) < 4.78 is 31.2. The second-order valence-electron chi connectivity index (χ2n) is 5.55. The van der Waals surface area contributed by atoms with Gasteiger partial charge in [0.05, 0.1) is 12.9 Å². The first-order valence-corrected chi connectivity index (χ1v) is 8.43. The van der Waals surface area contributed by atoms with Crippen LogP contribution in [0, 0.1) is 11.6 Å². The zero-order chi connectivity index (χ0) is 16.9. The minimum absolute atomic E-state index is 0.0543. The SMILES string of the molecule is COC(=O)C1(NC(=O)CSc2ccc(F)cc2F)CCCCC1. The minimum Gasteiger partial charge on any atom is -0.467 e. The number of thioether (sulfide) groups is 1. The van der Waals surface area contributed by atoms with Crippen LogP contribution >= 0.6 is 11.8 Å². The Kier molecular flexibility index (Phi) is 5.98. The fraction of sp³-hybridized carbons (Fsp3) is 0.500. The predicted octanol–water partition coefficient (Wildman–Crippen LogP) is 3.05. The maximum Gasteiger partial charge on any atom is 0.331 e. The Bertz CT molecular complexity index is 589. The van der Waals surface area contributed by atoms with Gasteiger partial charge < -0.3 is 10.1 Å². The van der Waals surface area contributed by atoms with Crippen LogP contribution in [0.4, 0.5) is 8.78 Å². The standard InChI is InChI=1S/C16H19F2NO3S/c1-22-15(21)16(7-3-2-4-8-16)19-14(20)10-23-13-6-5-11(17)9-12(13)18/h5-6,9H,2-4,7-8,10H2,1H3,(H,19,20). The molecule has 4 nitrogen and oxygen atoms in total. The zero-order valence-electron chi connectivity index (χ0n) is 12.9. The molecule has 0 unspecified atom stereocenters. The second kappa shape index (κ2) is 7.77. The molecule has 0 saturated heterocycles. The molecule has 2 rings (SSSR count). The maximum absolute atomic E-state index is 13.6. The van der Waals surface area contributed by atoms with Crippen molar-refractivity contribution in [1.82, 2.24) is 5.32 Å². The van der Waals surface area contributed by atoms with Gasteiger partial charge in [-0.3, -0.25) is 4.79 Å². The lowest BCUT2D eigenvalue weighted by Crippen LogP contribution is -2.56. The summed E-state index contributed by atoms with van der Waals surface area (Å²) in [7, 11) is 1.30. The van der Waals surface area contributed by atoms with Crippen LogP contribution in [-0.4, -0.2) is 30.3 Å². The molecule has 1 aliphatic rings. The zero-order valence-corrected chi connectivity index (χ0v) is 13.7. The molecule has 0 atom stereocenters. The Morgan fingerprint density at radius 3 is 2.57 bits per heavy atom. The minimum atomic E-state index is -0.980. The number of benzene rings is 1. The van der Waals surface area contributed by atoms with Crippen molar-refractivity contribution in [3.63, 3.8) is 0 Å². The molecule has 1 fully saturated rings. The highest BCUT2D eigenvalue weighted by atomic mass is 32.2. The summed E-state index contributed by atoms with van der Waals surface area (Å²) in [6.07, 6.45) is 3.79. The lowest BCUT2D eigenvalue weighted by atomic mass is 9.81. The van der Waals surface area contributed by atoms with Crippen LogP contribution in [-0.2, 0) is 14.3 Å². The Morgan fingerprint density at radius 2 is 1.96 bits per heavy atom. The smallest absolute Gasteiger partial charge is 0.331 e. The monoisotopic (exact) mass is 343 g/mol. The molecule has 0 aromatic heterocycles. The van der Waals surface area contributed by atoms with Crippen molar-refractivity contribution in [2.75, 3.05) is 12.9 Å². The van der Waals surface area contributed by atoms with Gasteiger partial charge in [-0.15, -0.1) is 11.8 Å². The Hall–Kier alpha value is -1.63. The normalized spacial score (nSPS) is 16.7. The lowest BCUT2D eigenvalue weighted by Gasteiger charge is -2.35. The summed E-state index contributed by atoms with van der Waals surface area (Å²) >= 11 is 0.965. The van der Waals surface area contributed by atoms with Crippen molar-refractivity contribution in [2.45, 2.75) is 42.5 Å². The van der Waals surface area contributed by atoms with Crippen molar-refractivity contribution < 1.29 is 23.1 Å². The third-order valence-corrected chi connectivity index (χ3v) is 4.96. The number of methoxy groups -OCH3 is 1. The van der Waals surface area contributed by atoms with Crippen LogP contribution in [0.5, 0.6) is 0 Å². The van der Waals surface area contributed by atoms with E-state index < -0.39 is 23.1 Å². The van der Waals surface area contributed by atoms with Crippen molar-refractivity contribution in [3.05, 3.63) is 29.8 Å². The number of carbonyl (C=O) groups is 2. The number of esters is 1. The fourth-order valence-corrected chi connectivity index (χ4v) is 3.49. The molecule has 23 heavy (non-hydrogen) atoms. The lowest BCUT2D eigenvalue weighted by molar-refractivity contribution is -0.152. The highest BCUT2D eigenvalue weighted by Crippen LogP contribution is 2.30. The molecule has 1 N–H and O–H groups in total. The van der Waals surface area contributed by atoms with Crippen molar-refractivity contribution in [3.8, 4) is 0 Å². The molecule has 1 amide bonds. The van der Waals surface area contributed by atoms with E-state index in [1.54, 1.807) is 0 Å². The van der Waals surface area contributed by atoms with E-state index in [1.165, 1.54) is 13.2 Å². The Morgan fingerprint density at radius 1 is 1.26 bits per heavy atom. The van der Waals surface area contributed by atoms with Crippen molar-refractivity contribution >= 4 is 23.6 Å². The molecule has 126 valence electrons. The van der Waals surface area contributed by atoms with Gasteiger partial charge >= 0.3 is 5.97 Å². The molecule has 0 bridgehead atoms. The van der Waals surface area contributed by atoms with Gasteiger partial charge in [-0.1, -0.05) is 19.3 Å². The second-order valence-corrected chi connectivity index (χ2v) is 6.56. The third-order valence-electron chi connectivity index (χ3n) is 3.91. The number of carbonyl (C=O) groups excluding carboxylic acids is 2. The van der Waals surface area contributed by atoms with E-state index >= 15 is 0 Å². The maximum atomic E-state index is 13.6. The van der Waals surface area contributed by atoms with E-state index in [0.29, 0.717) is 12.8 Å². The first kappa shape index (κ1) is 17.7. The van der Waals surface area contributed by atoms with E-state index in [-0.39, 0.29) is 16.6 Å². The predicted molar refractivity (Wildman–Crippen MR) is 83.1 cm³/mol. The van der Waals surface area contributed by atoms with Gasteiger partial charge in [-0.05, 0) is 25.0 Å². The molecule has 0 radical (unpaired) electrons. The number of halogens is 2. The number of hydrogen-bond donors (Lipinski definition) is 1. The largest absolute Gasteiger partial charge is 0.467 e. The summed E-state index contributed by atoms with van der Waals surface area (Å²) in [5.41, 5.74) is -0.980. The topological polar surface area (TPSA) is 55.4 Å². The van der Waals surface area contributed by atoms with Gasteiger partial charge in [0.15, 0.2) is 0 Å². The van der Waals surface area contributed by atoms with Crippen LogP contribution in [0.2, 0.25) is 0 Å². The summed E-state index contributed by atoms with van der Waals surface area (Å²) in [6.45, 7) is 0. The van der Waals surface area contributed by atoms with Crippen molar-refractivity contribution in [1.29, 1.82) is 0 Å². The average Bonchev–Trinajstić information content (AvgIpc) is 2.54. The van der Waals surface area contributed by atoms with E-state index in [9.17, 15) is 18.4 Å². The van der Waals surface area contributed by atoms with E-state index in [2.05, 4.69) is 5.32 Å². The molecule has 1 aromatic rings. The molecule has 7 heteroatoms. The number of ether oxygens (including phenoxy) is 1. The quantitative estimate of drug-likeness (QED) is 0.659. The molecule has 1 aliphatic carbocycles. The van der Waals surface area contributed by atoms with Crippen molar-refractivity contribution in [2.24, 2.45) is 0 Å². The average molecular weight is 343 g/mol. The van der Waals surface area contributed by atoms with Gasteiger partial charge in [-0.2, -0.15) is 0 Å². The summed E-state index contributed by atoms with van der Waals surface area (Å²) in [5, 5.41) is 2.75. The van der Waals surface area contributed by atoms with Gasteiger partial charge in [-0.25, -0.2) is 13.6 Å². The molecular weight excluding hydrogens is 324 g/mol. The first-order chi connectivity index (χ1) is 11.0. The molecule has 0 heterocycles. The van der Waals surface area contributed by atoms with Crippen LogP contribution < -0.4 is 5.32 Å². The van der Waals surface area contributed by atoms with Crippen LogP contribution in [0.25, 0.3) is 0 Å². The fourth-order valence-electron chi connectivity index (χ4n) is 2.77. The summed E-state index contributed by atoms with van der Waals surface area (Å²) in [4.78, 5) is 24.4. The first-order valence-electron chi connectivity index (χ1n) is 7.44. The highest BCUT2D eigenvalue weighted by molar-refractivity contribution is 8.00. The van der Waals surface area contributed by atoms with Gasteiger partial charge in [0.2, 0.25) is 5.91 Å².